The molecule has 2 aromatic carbocycles. The van der Waals surface area contributed by atoms with Crippen molar-refractivity contribution in [2.45, 2.75) is 45.8 Å². The van der Waals surface area contributed by atoms with Crippen LogP contribution < -0.4 is 9.62 Å². The first-order valence-corrected chi connectivity index (χ1v) is 13.0. The third kappa shape index (κ3) is 7.06. The minimum absolute atomic E-state index is 0.0357. The van der Waals surface area contributed by atoms with Gasteiger partial charge in [-0.3, -0.25) is 13.9 Å². The number of anilines is 1. The molecule has 0 saturated carbocycles. The summed E-state index contributed by atoms with van der Waals surface area (Å²) < 4.78 is 26.7. The van der Waals surface area contributed by atoms with E-state index in [1.165, 1.54) is 4.90 Å². The molecule has 2 rings (SSSR count). The number of hydrogen-bond acceptors (Lipinski definition) is 4. The van der Waals surface area contributed by atoms with E-state index >= 15 is 0 Å². The average Bonchev–Trinajstić information content (AvgIpc) is 2.75. The van der Waals surface area contributed by atoms with Gasteiger partial charge in [0.25, 0.3) is 0 Å². The van der Waals surface area contributed by atoms with E-state index in [1.54, 1.807) is 31.2 Å². The average molecular weight is 524 g/mol. The number of nitrogens with zero attached hydrogens (tertiary/aromatic N) is 2. The molecule has 0 radical (unpaired) electrons. The molecule has 32 heavy (non-hydrogen) atoms. The highest BCUT2D eigenvalue weighted by atomic mass is 79.9. The fourth-order valence-electron chi connectivity index (χ4n) is 3.08. The molecule has 1 N–H and O–H groups in total. The third-order valence-electron chi connectivity index (χ3n) is 5.16. The van der Waals surface area contributed by atoms with Crippen LogP contribution in [0.3, 0.4) is 0 Å². The minimum atomic E-state index is -3.76. The molecule has 0 unspecified atom stereocenters. The van der Waals surface area contributed by atoms with Crippen LogP contribution in [-0.2, 0) is 26.2 Å². The van der Waals surface area contributed by atoms with Gasteiger partial charge in [0.2, 0.25) is 21.8 Å². The third-order valence-corrected chi connectivity index (χ3v) is 6.96. The molecule has 0 bridgehead atoms. The van der Waals surface area contributed by atoms with Crippen molar-refractivity contribution in [3.05, 3.63) is 64.6 Å². The first kappa shape index (κ1) is 25.9. The Morgan fingerprint density at radius 2 is 1.62 bits per heavy atom. The number of amides is 2. The van der Waals surface area contributed by atoms with Crippen LogP contribution in [0.2, 0.25) is 0 Å². The number of benzene rings is 2. The lowest BCUT2D eigenvalue weighted by molar-refractivity contribution is -0.139. The largest absolute Gasteiger partial charge is 0.352 e. The van der Waals surface area contributed by atoms with Crippen molar-refractivity contribution in [3.8, 4) is 0 Å². The molecule has 0 aliphatic carbocycles. The minimum Gasteiger partial charge on any atom is -0.352 e. The van der Waals surface area contributed by atoms with Crippen LogP contribution in [0, 0.1) is 0 Å². The van der Waals surface area contributed by atoms with Crippen molar-refractivity contribution < 1.29 is 18.0 Å². The van der Waals surface area contributed by atoms with Gasteiger partial charge in [0.1, 0.15) is 12.6 Å². The van der Waals surface area contributed by atoms with Gasteiger partial charge in [-0.25, -0.2) is 8.42 Å². The smallest absolute Gasteiger partial charge is 0.244 e. The molecule has 7 nitrogen and oxygen atoms in total. The SMILES string of the molecule is CC[C@H](C)NC(=O)[C@H](C)N(Cc1ccccc1)C(=O)CN(c1ccccc1Br)S(C)(=O)=O. The number of rotatable bonds is 10. The number of sulfonamides is 1. The summed E-state index contributed by atoms with van der Waals surface area (Å²) in [6, 6.07) is 15.3. The summed E-state index contributed by atoms with van der Waals surface area (Å²) in [5.74, 6) is -0.753. The fraction of sp³-hybridized carbons (Fsp3) is 0.391. The predicted molar refractivity (Wildman–Crippen MR) is 131 cm³/mol. The maximum Gasteiger partial charge on any atom is 0.244 e. The summed E-state index contributed by atoms with van der Waals surface area (Å²) >= 11 is 3.36. The Balaban J connectivity index is 2.37. The first-order chi connectivity index (χ1) is 15.0. The Hall–Kier alpha value is -2.39. The van der Waals surface area contributed by atoms with Crippen molar-refractivity contribution >= 4 is 43.5 Å². The summed E-state index contributed by atoms with van der Waals surface area (Å²) in [6.07, 6.45) is 1.81. The summed E-state index contributed by atoms with van der Waals surface area (Å²) in [5.41, 5.74) is 1.20. The Bertz CT molecular complexity index is 1030. The molecular formula is C23H30BrN3O4S. The molecule has 2 aromatic rings. The van der Waals surface area contributed by atoms with Crippen molar-refractivity contribution in [1.29, 1.82) is 0 Å². The zero-order chi connectivity index (χ0) is 23.9. The van der Waals surface area contributed by atoms with Gasteiger partial charge in [0.15, 0.2) is 0 Å². The molecule has 0 aliphatic heterocycles. The second-order valence-electron chi connectivity index (χ2n) is 7.72. The predicted octanol–water partition coefficient (Wildman–Crippen LogP) is 3.55. The molecule has 0 fully saturated rings. The summed E-state index contributed by atoms with van der Waals surface area (Å²) in [7, 11) is -3.76. The van der Waals surface area contributed by atoms with Gasteiger partial charge in [0, 0.05) is 17.1 Å². The summed E-state index contributed by atoms with van der Waals surface area (Å²) in [5, 5.41) is 2.90. The highest BCUT2D eigenvalue weighted by molar-refractivity contribution is 9.10. The number of halogens is 1. The maximum atomic E-state index is 13.4. The Kier molecular flexibility index (Phi) is 9.27. The molecule has 0 saturated heterocycles. The molecule has 9 heteroatoms. The number of para-hydroxylation sites is 1. The quantitative estimate of drug-likeness (QED) is 0.515. The van der Waals surface area contributed by atoms with Crippen LogP contribution in [0.15, 0.2) is 59.1 Å². The topological polar surface area (TPSA) is 86.8 Å². The van der Waals surface area contributed by atoms with Crippen LogP contribution in [0.25, 0.3) is 0 Å². The van der Waals surface area contributed by atoms with Crippen molar-refractivity contribution in [2.75, 3.05) is 17.1 Å². The summed E-state index contributed by atoms with van der Waals surface area (Å²) in [4.78, 5) is 27.6. The normalized spacial score (nSPS) is 13.2. The monoisotopic (exact) mass is 523 g/mol. The van der Waals surface area contributed by atoms with Gasteiger partial charge in [-0.1, -0.05) is 49.4 Å². The van der Waals surface area contributed by atoms with E-state index in [4.69, 9.17) is 0 Å². The van der Waals surface area contributed by atoms with Gasteiger partial charge in [0.05, 0.1) is 11.9 Å². The molecule has 0 aromatic heterocycles. The number of carbonyl (C=O) groups is 2. The molecule has 0 aliphatic rings. The highest BCUT2D eigenvalue weighted by Gasteiger charge is 2.30. The lowest BCUT2D eigenvalue weighted by Gasteiger charge is -2.32. The van der Waals surface area contributed by atoms with Gasteiger partial charge in [-0.2, -0.15) is 0 Å². The van der Waals surface area contributed by atoms with Crippen molar-refractivity contribution in [1.82, 2.24) is 10.2 Å². The van der Waals surface area contributed by atoms with E-state index in [0.717, 1.165) is 22.5 Å². The van der Waals surface area contributed by atoms with E-state index in [9.17, 15) is 18.0 Å². The zero-order valence-corrected chi connectivity index (χ0v) is 21.2. The van der Waals surface area contributed by atoms with Crippen molar-refractivity contribution in [3.63, 3.8) is 0 Å². The van der Waals surface area contributed by atoms with E-state index in [2.05, 4.69) is 21.2 Å². The molecular weight excluding hydrogens is 494 g/mol. The standard InChI is InChI=1S/C23H30BrN3O4S/c1-5-17(2)25-23(29)18(3)26(15-19-11-7-6-8-12-19)22(28)16-27(32(4,30)31)21-14-10-9-13-20(21)24/h6-14,17-18H,5,15-16H2,1-4H3,(H,25,29)/t17-,18-/m0/s1. The molecule has 0 spiro atoms. The van der Waals surface area contributed by atoms with Crippen LogP contribution in [0.1, 0.15) is 32.8 Å². The van der Waals surface area contributed by atoms with E-state index < -0.39 is 28.5 Å². The Labute approximate surface area is 199 Å². The second kappa shape index (κ2) is 11.5. The van der Waals surface area contributed by atoms with Crippen LogP contribution >= 0.6 is 15.9 Å². The highest BCUT2D eigenvalue weighted by Crippen LogP contribution is 2.28. The zero-order valence-electron chi connectivity index (χ0n) is 18.8. The number of hydrogen-bond donors (Lipinski definition) is 1. The van der Waals surface area contributed by atoms with Crippen LogP contribution in [-0.4, -0.2) is 50.0 Å². The van der Waals surface area contributed by atoms with E-state index in [-0.39, 0.29) is 18.5 Å². The van der Waals surface area contributed by atoms with E-state index in [0.29, 0.717) is 10.2 Å². The number of carbonyl (C=O) groups excluding carboxylic acids is 2. The van der Waals surface area contributed by atoms with Crippen LogP contribution in [0.5, 0.6) is 0 Å². The lowest BCUT2D eigenvalue weighted by atomic mass is 10.1. The van der Waals surface area contributed by atoms with Crippen molar-refractivity contribution in [2.24, 2.45) is 0 Å². The number of nitrogens with one attached hydrogen (secondary N) is 1. The van der Waals surface area contributed by atoms with Gasteiger partial charge in [-0.15, -0.1) is 0 Å². The van der Waals surface area contributed by atoms with Crippen LogP contribution in [0.4, 0.5) is 5.69 Å². The van der Waals surface area contributed by atoms with Gasteiger partial charge >= 0.3 is 0 Å². The molecule has 0 heterocycles. The fourth-order valence-corrected chi connectivity index (χ4v) is 4.55. The van der Waals surface area contributed by atoms with Gasteiger partial charge < -0.3 is 10.2 Å². The van der Waals surface area contributed by atoms with Gasteiger partial charge in [-0.05, 0) is 53.9 Å². The maximum absolute atomic E-state index is 13.4. The van der Waals surface area contributed by atoms with E-state index in [1.807, 2.05) is 44.2 Å². The second-order valence-corrected chi connectivity index (χ2v) is 10.5. The lowest BCUT2D eigenvalue weighted by Crippen LogP contribution is -2.52. The molecule has 174 valence electrons. The Morgan fingerprint density at radius 1 is 1.03 bits per heavy atom. The first-order valence-electron chi connectivity index (χ1n) is 10.4. The Morgan fingerprint density at radius 3 is 2.19 bits per heavy atom. The molecule has 2 amide bonds. The summed E-state index contributed by atoms with van der Waals surface area (Å²) in [6.45, 7) is 5.27. The molecule has 2 atom stereocenters.